The number of hydrogen-bond donors (Lipinski definition) is 1. The van der Waals surface area contributed by atoms with E-state index in [2.05, 4.69) is 12.2 Å². The van der Waals surface area contributed by atoms with Gasteiger partial charge in [-0.25, -0.2) is 0 Å². The molecule has 1 aliphatic carbocycles. The van der Waals surface area contributed by atoms with Crippen molar-refractivity contribution in [2.24, 2.45) is 5.92 Å². The van der Waals surface area contributed by atoms with Gasteiger partial charge in [0.1, 0.15) is 23.1 Å². The molecular weight excluding hydrogens is 304 g/mol. The van der Waals surface area contributed by atoms with Crippen LogP contribution in [0.5, 0.6) is 11.5 Å². The molecule has 1 aromatic carbocycles. The SMILES string of the molecule is COc1cc(/C=C(\C#N)C(=O)N[C@@H]2CCCC[C@H]2C)cc(OC)c1. The average Bonchev–Trinajstić information content (AvgIpc) is 2.61. The second kappa shape index (κ2) is 8.39. The number of hydrogen-bond acceptors (Lipinski definition) is 4. The van der Waals surface area contributed by atoms with Crippen molar-refractivity contribution in [2.75, 3.05) is 14.2 Å². The van der Waals surface area contributed by atoms with Crippen LogP contribution in [-0.2, 0) is 4.79 Å². The molecule has 0 saturated heterocycles. The van der Waals surface area contributed by atoms with E-state index in [1.165, 1.54) is 6.42 Å². The molecule has 1 amide bonds. The molecule has 1 saturated carbocycles. The molecule has 2 atom stereocenters. The monoisotopic (exact) mass is 328 g/mol. The van der Waals surface area contributed by atoms with Crippen LogP contribution in [0, 0.1) is 17.2 Å². The lowest BCUT2D eigenvalue weighted by atomic mass is 9.86. The summed E-state index contributed by atoms with van der Waals surface area (Å²) in [6.07, 6.45) is 5.97. The quantitative estimate of drug-likeness (QED) is 0.665. The van der Waals surface area contributed by atoms with Gasteiger partial charge in [0.05, 0.1) is 14.2 Å². The summed E-state index contributed by atoms with van der Waals surface area (Å²) in [6.45, 7) is 2.15. The molecule has 2 rings (SSSR count). The minimum absolute atomic E-state index is 0.0862. The topological polar surface area (TPSA) is 71.3 Å². The molecule has 1 fully saturated rings. The van der Waals surface area contributed by atoms with Gasteiger partial charge in [0.2, 0.25) is 0 Å². The van der Waals surface area contributed by atoms with Gasteiger partial charge in [0.25, 0.3) is 5.91 Å². The molecule has 1 N–H and O–H groups in total. The molecule has 0 unspecified atom stereocenters. The predicted octanol–water partition coefficient (Wildman–Crippen LogP) is 3.31. The van der Waals surface area contributed by atoms with E-state index < -0.39 is 0 Å². The molecule has 0 heterocycles. The number of benzene rings is 1. The summed E-state index contributed by atoms with van der Waals surface area (Å²) in [5.41, 5.74) is 0.776. The van der Waals surface area contributed by atoms with E-state index in [0.717, 1.165) is 19.3 Å². The zero-order valence-electron chi connectivity index (χ0n) is 14.5. The minimum Gasteiger partial charge on any atom is -0.497 e. The van der Waals surface area contributed by atoms with Gasteiger partial charge in [0, 0.05) is 12.1 Å². The van der Waals surface area contributed by atoms with Gasteiger partial charge in [-0.2, -0.15) is 5.26 Å². The van der Waals surface area contributed by atoms with E-state index in [4.69, 9.17) is 9.47 Å². The van der Waals surface area contributed by atoms with E-state index in [0.29, 0.717) is 23.0 Å². The molecule has 0 spiro atoms. The Morgan fingerprint density at radius 3 is 2.38 bits per heavy atom. The summed E-state index contributed by atoms with van der Waals surface area (Å²) in [5.74, 6) is 1.34. The lowest BCUT2D eigenvalue weighted by molar-refractivity contribution is -0.118. The highest BCUT2D eigenvalue weighted by Crippen LogP contribution is 2.25. The van der Waals surface area contributed by atoms with Gasteiger partial charge < -0.3 is 14.8 Å². The summed E-state index contributed by atoms with van der Waals surface area (Å²) in [4.78, 5) is 12.4. The van der Waals surface area contributed by atoms with E-state index in [1.807, 2.05) is 6.07 Å². The fourth-order valence-electron chi connectivity index (χ4n) is 3.00. The number of nitrogens with zero attached hydrogens (tertiary/aromatic N) is 1. The van der Waals surface area contributed by atoms with Crippen molar-refractivity contribution >= 4 is 12.0 Å². The highest BCUT2D eigenvalue weighted by Gasteiger charge is 2.24. The molecule has 0 aliphatic heterocycles. The van der Waals surface area contributed by atoms with Crippen LogP contribution in [0.2, 0.25) is 0 Å². The Morgan fingerprint density at radius 2 is 1.83 bits per heavy atom. The maximum atomic E-state index is 12.4. The van der Waals surface area contributed by atoms with Crippen molar-refractivity contribution in [3.05, 3.63) is 29.3 Å². The van der Waals surface area contributed by atoms with Crippen molar-refractivity contribution in [1.82, 2.24) is 5.32 Å². The first kappa shape index (κ1) is 17.9. The molecule has 0 aromatic heterocycles. The van der Waals surface area contributed by atoms with E-state index in [9.17, 15) is 10.1 Å². The van der Waals surface area contributed by atoms with Crippen molar-refractivity contribution in [3.8, 4) is 17.6 Å². The van der Waals surface area contributed by atoms with E-state index in [1.54, 1.807) is 38.5 Å². The number of methoxy groups -OCH3 is 2. The Labute approximate surface area is 143 Å². The Balaban J connectivity index is 2.19. The summed E-state index contributed by atoms with van der Waals surface area (Å²) < 4.78 is 10.4. The van der Waals surface area contributed by atoms with Crippen LogP contribution in [0.1, 0.15) is 38.2 Å². The van der Waals surface area contributed by atoms with E-state index >= 15 is 0 Å². The van der Waals surface area contributed by atoms with Crippen molar-refractivity contribution in [1.29, 1.82) is 5.26 Å². The zero-order valence-corrected chi connectivity index (χ0v) is 14.5. The third-order valence-corrected chi connectivity index (χ3v) is 4.48. The molecule has 24 heavy (non-hydrogen) atoms. The van der Waals surface area contributed by atoms with Crippen molar-refractivity contribution in [3.63, 3.8) is 0 Å². The van der Waals surface area contributed by atoms with Crippen LogP contribution >= 0.6 is 0 Å². The molecule has 5 nitrogen and oxygen atoms in total. The first-order chi connectivity index (χ1) is 11.6. The third kappa shape index (κ3) is 4.51. The minimum atomic E-state index is -0.321. The van der Waals surface area contributed by atoms with Crippen molar-refractivity contribution < 1.29 is 14.3 Å². The van der Waals surface area contributed by atoms with Crippen molar-refractivity contribution in [2.45, 2.75) is 38.6 Å². The van der Waals surface area contributed by atoms with Gasteiger partial charge >= 0.3 is 0 Å². The van der Waals surface area contributed by atoms with Gasteiger partial charge in [-0.3, -0.25) is 4.79 Å². The number of amides is 1. The Bertz CT molecular complexity index is 639. The lowest BCUT2D eigenvalue weighted by Gasteiger charge is -2.29. The van der Waals surface area contributed by atoms with Gasteiger partial charge in [-0.15, -0.1) is 0 Å². The first-order valence-corrected chi connectivity index (χ1v) is 8.23. The smallest absolute Gasteiger partial charge is 0.262 e. The number of ether oxygens (including phenoxy) is 2. The molecule has 1 aromatic rings. The molecular formula is C19H24N2O3. The fraction of sp³-hybridized carbons (Fsp3) is 0.474. The van der Waals surface area contributed by atoms with Crippen LogP contribution in [0.15, 0.2) is 23.8 Å². The number of carbonyl (C=O) groups excluding carboxylic acids is 1. The van der Waals surface area contributed by atoms with Crippen LogP contribution in [0.4, 0.5) is 0 Å². The fourth-order valence-corrected chi connectivity index (χ4v) is 3.00. The predicted molar refractivity (Wildman–Crippen MR) is 92.7 cm³/mol. The number of rotatable bonds is 5. The van der Waals surface area contributed by atoms with Gasteiger partial charge in [-0.05, 0) is 42.5 Å². The molecule has 5 heteroatoms. The third-order valence-electron chi connectivity index (χ3n) is 4.48. The van der Waals surface area contributed by atoms with Crippen LogP contribution in [0.3, 0.4) is 0 Å². The molecule has 128 valence electrons. The van der Waals surface area contributed by atoms with Gasteiger partial charge in [-0.1, -0.05) is 19.8 Å². The second-order valence-electron chi connectivity index (χ2n) is 6.16. The zero-order chi connectivity index (χ0) is 17.5. The van der Waals surface area contributed by atoms with Crippen LogP contribution < -0.4 is 14.8 Å². The lowest BCUT2D eigenvalue weighted by Crippen LogP contribution is -2.41. The summed E-state index contributed by atoms with van der Waals surface area (Å²) in [6, 6.07) is 7.40. The first-order valence-electron chi connectivity index (χ1n) is 8.23. The number of nitriles is 1. The highest BCUT2D eigenvalue weighted by molar-refractivity contribution is 6.01. The number of carbonyl (C=O) groups is 1. The molecule has 0 bridgehead atoms. The van der Waals surface area contributed by atoms with Crippen LogP contribution in [0.25, 0.3) is 6.08 Å². The van der Waals surface area contributed by atoms with Gasteiger partial charge in [0.15, 0.2) is 0 Å². The van der Waals surface area contributed by atoms with E-state index in [-0.39, 0.29) is 17.5 Å². The summed E-state index contributed by atoms with van der Waals surface area (Å²) in [5, 5.41) is 12.4. The Kier molecular flexibility index (Phi) is 6.25. The Morgan fingerprint density at radius 1 is 1.21 bits per heavy atom. The highest BCUT2D eigenvalue weighted by atomic mass is 16.5. The maximum Gasteiger partial charge on any atom is 0.262 e. The average molecular weight is 328 g/mol. The summed E-state index contributed by atoms with van der Waals surface area (Å²) in [7, 11) is 3.12. The molecule has 0 radical (unpaired) electrons. The normalized spacial score (nSPS) is 20.8. The number of nitrogens with one attached hydrogen (secondary N) is 1. The van der Waals surface area contributed by atoms with Crippen LogP contribution in [-0.4, -0.2) is 26.2 Å². The summed E-state index contributed by atoms with van der Waals surface area (Å²) >= 11 is 0. The molecule has 1 aliphatic rings. The second-order valence-corrected chi connectivity index (χ2v) is 6.16. The maximum absolute atomic E-state index is 12.4. The largest absolute Gasteiger partial charge is 0.497 e. The Hall–Kier alpha value is -2.48. The standard InChI is InChI=1S/C19H24N2O3/c1-13-6-4-5-7-18(13)21-19(22)15(12-20)8-14-9-16(23-2)11-17(10-14)24-3/h8-11,13,18H,4-7H2,1-3H3,(H,21,22)/b15-8+/t13-,18-/m1/s1.